The Bertz CT molecular complexity index is 390. The molecule has 0 unspecified atom stereocenters. The summed E-state index contributed by atoms with van der Waals surface area (Å²) >= 11 is 5.08. The first-order chi connectivity index (χ1) is 6.56. The molecule has 0 fully saturated rings. The van der Waals surface area contributed by atoms with Crippen molar-refractivity contribution >= 4 is 22.8 Å². The van der Waals surface area contributed by atoms with Crippen molar-refractivity contribution in [2.45, 2.75) is 0 Å². The highest BCUT2D eigenvalue weighted by Crippen LogP contribution is 2.13. The molecule has 3 nitrogen and oxygen atoms in total. The molecule has 1 aromatic rings. The van der Waals surface area contributed by atoms with Gasteiger partial charge in [-0.3, -0.25) is 4.79 Å². The summed E-state index contributed by atoms with van der Waals surface area (Å²) in [7, 11) is 1.18. The van der Waals surface area contributed by atoms with E-state index in [1.165, 1.54) is 13.2 Å². The fourth-order valence-electron chi connectivity index (χ4n) is 0.919. The number of rotatable bonds is 2. The Morgan fingerprint density at radius 3 is 2.50 bits per heavy atom. The van der Waals surface area contributed by atoms with Crippen LogP contribution >= 0.6 is 11.6 Å². The molecule has 0 heterocycles. The van der Waals surface area contributed by atoms with Gasteiger partial charge in [0, 0.05) is 0 Å². The average Bonchev–Trinajstić information content (AvgIpc) is 2.15. The van der Waals surface area contributed by atoms with Crippen LogP contribution in [0.4, 0.5) is 4.39 Å². The number of esters is 1. The van der Waals surface area contributed by atoms with Crippen LogP contribution in [0.15, 0.2) is 18.2 Å². The van der Waals surface area contributed by atoms with Crippen molar-refractivity contribution < 1.29 is 18.7 Å². The molecule has 0 atom stereocenters. The number of carbonyl (C=O) groups excluding carboxylic acids is 2. The summed E-state index contributed by atoms with van der Waals surface area (Å²) in [6.07, 6.45) is 0. The molecule has 5 heteroatoms. The molecule has 0 saturated carbocycles. The zero-order chi connectivity index (χ0) is 10.7. The van der Waals surface area contributed by atoms with Gasteiger partial charge in [0.1, 0.15) is 5.82 Å². The Labute approximate surface area is 84.4 Å². The van der Waals surface area contributed by atoms with E-state index in [0.717, 1.165) is 12.1 Å². The lowest BCUT2D eigenvalue weighted by atomic mass is 10.1. The molecule has 0 saturated heterocycles. The van der Waals surface area contributed by atoms with Gasteiger partial charge in [0.05, 0.1) is 18.2 Å². The predicted octanol–water partition coefficient (Wildman–Crippen LogP) is 1.99. The molecular weight excluding hydrogens is 211 g/mol. The first-order valence-corrected chi connectivity index (χ1v) is 4.01. The molecular formula is C9H6ClFO3. The van der Waals surface area contributed by atoms with Crippen molar-refractivity contribution in [2.75, 3.05) is 7.11 Å². The van der Waals surface area contributed by atoms with E-state index in [1.54, 1.807) is 0 Å². The standard InChI is InChI=1S/C9H6ClFO3/c1-14-9(13)5-2-3-6(8(10)12)7(11)4-5/h2-4H,1H3. The van der Waals surface area contributed by atoms with Gasteiger partial charge >= 0.3 is 5.97 Å². The number of carbonyl (C=O) groups is 2. The van der Waals surface area contributed by atoms with Crippen molar-refractivity contribution in [3.63, 3.8) is 0 Å². The molecule has 0 spiro atoms. The molecule has 0 amide bonds. The third-order valence-electron chi connectivity index (χ3n) is 1.60. The highest BCUT2D eigenvalue weighted by atomic mass is 35.5. The second-order valence-corrected chi connectivity index (χ2v) is 2.80. The summed E-state index contributed by atoms with van der Waals surface area (Å²) < 4.78 is 17.5. The SMILES string of the molecule is COC(=O)c1ccc(C(=O)Cl)c(F)c1. The highest BCUT2D eigenvalue weighted by molar-refractivity contribution is 6.67. The van der Waals surface area contributed by atoms with E-state index < -0.39 is 17.0 Å². The van der Waals surface area contributed by atoms with E-state index in [9.17, 15) is 14.0 Å². The van der Waals surface area contributed by atoms with Crippen molar-refractivity contribution in [3.05, 3.63) is 35.1 Å². The highest BCUT2D eigenvalue weighted by Gasteiger charge is 2.12. The molecule has 74 valence electrons. The minimum Gasteiger partial charge on any atom is -0.465 e. The van der Waals surface area contributed by atoms with Gasteiger partial charge in [0.2, 0.25) is 0 Å². The molecule has 0 aliphatic heterocycles. The molecule has 0 aliphatic rings. The third-order valence-corrected chi connectivity index (χ3v) is 1.81. The van der Waals surface area contributed by atoms with E-state index in [0.29, 0.717) is 0 Å². The first kappa shape index (κ1) is 10.7. The van der Waals surface area contributed by atoms with Gasteiger partial charge in [-0.15, -0.1) is 0 Å². The number of methoxy groups -OCH3 is 1. The van der Waals surface area contributed by atoms with Crippen molar-refractivity contribution in [1.29, 1.82) is 0 Å². The summed E-state index contributed by atoms with van der Waals surface area (Å²) in [4.78, 5) is 21.6. The van der Waals surface area contributed by atoms with Gasteiger partial charge in [0.25, 0.3) is 5.24 Å². The summed E-state index contributed by atoms with van der Waals surface area (Å²) in [6, 6.07) is 3.31. The second-order valence-electron chi connectivity index (χ2n) is 2.46. The topological polar surface area (TPSA) is 43.4 Å². The van der Waals surface area contributed by atoms with E-state index in [4.69, 9.17) is 11.6 Å². The van der Waals surface area contributed by atoms with Crippen LogP contribution in [0.1, 0.15) is 20.7 Å². The number of benzene rings is 1. The smallest absolute Gasteiger partial charge is 0.337 e. The molecule has 1 aromatic carbocycles. The van der Waals surface area contributed by atoms with Gasteiger partial charge in [-0.25, -0.2) is 9.18 Å². The number of halogens is 2. The van der Waals surface area contributed by atoms with Gasteiger partial charge < -0.3 is 4.74 Å². The van der Waals surface area contributed by atoms with Crippen LogP contribution in [-0.2, 0) is 4.74 Å². The van der Waals surface area contributed by atoms with Crippen LogP contribution in [0.5, 0.6) is 0 Å². The Morgan fingerprint density at radius 2 is 2.07 bits per heavy atom. The summed E-state index contributed by atoms with van der Waals surface area (Å²) in [5, 5.41) is -0.904. The summed E-state index contributed by atoms with van der Waals surface area (Å²) in [5.74, 6) is -1.51. The fourth-order valence-corrected chi connectivity index (χ4v) is 1.07. The van der Waals surface area contributed by atoms with Crippen LogP contribution in [0, 0.1) is 5.82 Å². The minimum absolute atomic E-state index is 0.0340. The molecule has 0 bridgehead atoms. The molecule has 0 aliphatic carbocycles. The monoisotopic (exact) mass is 216 g/mol. The quantitative estimate of drug-likeness (QED) is 0.561. The number of hydrogen-bond acceptors (Lipinski definition) is 3. The van der Waals surface area contributed by atoms with E-state index in [-0.39, 0.29) is 11.1 Å². The van der Waals surface area contributed by atoms with Crippen LogP contribution < -0.4 is 0 Å². The molecule has 0 N–H and O–H groups in total. The Hall–Kier alpha value is -1.42. The Balaban J connectivity index is 3.12. The predicted molar refractivity (Wildman–Crippen MR) is 47.9 cm³/mol. The van der Waals surface area contributed by atoms with Crippen LogP contribution in [0.3, 0.4) is 0 Å². The van der Waals surface area contributed by atoms with Gasteiger partial charge in [-0.05, 0) is 29.8 Å². The second kappa shape index (κ2) is 4.19. The Morgan fingerprint density at radius 1 is 1.43 bits per heavy atom. The van der Waals surface area contributed by atoms with Crippen molar-refractivity contribution in [2.24, 2.45) is 0 Å². The normalized spacial score (nSPS) is 9.64. The zero-order valence-corrected chi connectivity index (χ0v) is 7.97. The Kier molecular flexibility index (Phi) is 3.19. The molecule has 0 radical (unpaired) electrons. The number of ether oxygens (including phenoxy) is 1. The van der Waals surface area contributed by atoms with E-state index in [1.807, 2.05) is 0 Å². The lowest BCUT2D eigenvalue weighted by Crippen LogP contribution is -2.03. The average molecular weight is 217 g/mol. The minimum atomic E-state index is -0.904. The van der Waals surface area contributed by atoms with Crippen LogP contribution in [0.2, 0.25) is 0 Å². The summed E-state index contributed by atoms with van der Waals surface area (Å²) in [5.41, 5.74) is -0.231. The van der Waals surface area contributed by atoms with Crippen molar-refractivity contribution in [3.8, 4) is 0 Å². The van der Waals surface area contributed by atoms with Gasteiger partial charge in [-0.2, -0.15) is 0 Å². The lowest BCUT2D eigenvalue weighted by Gasteiger charge is -2.00. The largest absolute Gasteiger partial charge is 0.465 e. The van der Waals surface area contributed by atoms with Gasteiger partial charge in [-0.1, -0.05) is 0 Å². The maximum Gasteiger partial charge on any atom is 0.337 e. The first-order valence-electron chi connectivity index (χ1n) is 3.64. The number of hydrogen-bond donors (Lipinski definition) is 0. The maximum absolute atomic E-state index is 13.1. The lowest BCUT2D eigenvalue weighted by molar-refractivity contribution is 0.0600. The van der Waals surface area contributed by atoms with Crippen molar-refractivity contribution in [1.82, 2.24) is 0 Å². The van der Waals surface area contributed by atoms with E-state index in [2.05, 4.69) is 4.74 Å². The van der Waals surface area contributed by atoms with Crippen LogP contribution in [-0.4, -0.2) is 18.3 Å². The van der Waals surface area contributed by atoms with E-state index >= 15 is 0 Å². The fraction of sp³-hybridized carbons (Fsp3) is 0.111. The molecule has 1 rings (SSSR count). The molecule has 14 heavy (non-hydrogen) atoms. The van der Waals surface area contributed by atoms with Crippen LogP contribution in [0.25, 0.3) is 0 Å². The zero-order valence-electron chi connectivity index (χ0n) is 7.21. The molecule has 0 aromatic heterocycles. The maximum atomic E-state index is 13.1. The summed E-state index contributed by atoms with van der Waals surface area (Å²) in [6.45, 7) is 0. The third kappa shape index (κ3) is 2.09. The van der Waals surface area contributed by atoms with Gasteiger partial charge in [0.15, 0.2) is 0 Å².